The highest BCUT2D eigenvalue weighted by Gasteiger charge is 2.27. The van der Waals surface area contributed by atoms with E-state index in [0.717, 1.165) is 48.4 Å². The molecule has 6 heteroatoms. The summed E-state index contributed by atoms with van der Waals surface area (Å²) in [5.74, 6) is 2.18. The Hall–Kier alpha value is -1.79. The molecule has 0 atom stereocenters. The van der Waals surface area contributed by atoms with Crippen molar-refractivity contribution >= 4 is 21.6 Å². The van der Waals surface area contributed by atoms with Gasteiger partial charge in [-0.15, -0.1) is 21.5 Å². The molecule has 1 aliphatic rings. The molecule has 0 unspecified atom stereocenters. The molecule has 0 amide bonds. The number of rotatable bonds is 2. The van der Waals surface area contributed by atoms with Gasteiger partial charge in [0.2, 0.25) is 0 Å². The molecule has 24 heavy (non-hydrogen) atoms. The number of thiazole rings is 1. The lowest BCUT2D eigenvalue weighted by Crippen LogP contribution is -2.35. The van der Waals surface area contributed by atoms with Crippen LogP contribution in [0.15, 0.2) is 18.2 Å². The van der Waals surface area contributed by atoms with E-state index < -0.39 is 0 Å². The second kappa shape index (κ2) is 5.63. The Kier molecular flexibility index (Phi) is 3.69. The average molecular weight is 341 g/mol. The van der Waals surface area contributed by atoms with Gasteiger partial charge in [0.25, 0.3) is 0 Å². The zero-order valence-corrected chi connectivity index (χ0v) is 15.5. The first kappa shape index (κ1) is 15.7. The van der Waals surface area contributed by atoms with Crippen LogP contribution in [0.25, 0.3) is 10.2 Å². The number of hydrogen-bond acceptors (Lipinski definition) is 5. The Morgan fingerprint density at radius 2 is 2.00 bits per heavy atom. The van der Waals surface area contributed by atoms with E-state index in [0.29, 0.717) is 0 Å². The number of hydrogen-bond donors (Lipinski definition) is 0. The van der Waals surface area contributed by atoms with Crippen LogP contribution in [0.3, 0.4) is 0 Å². The van der Waals surface area contributed by atoms with E-state index in [1.54, 1.807) is 11.3 Å². The number of benzene rings is 1. The first-order valence-corrected chi connectivity index (χ1v) is 9.23. The van der Waals surface area contributed by atoms with Gasteiger partial charge in [-0.1, -0.05) is 26.8 Å². The lowest BCUT2D eigenvalue weighted by molar-refractivity contribution is 0.205. The largest absolute Gasteiger partial charge is 0.312 e. The Bertz CT molecular complexity index is 887. The fourth-order valence-corrected chi connectivity index (χ4v) is 4.23. The monoisotopic (exact) mass is 341 g/mol. The molecule has 5 nitrogen and oxygen atoms in total. The molecule has 0 N–H and O–H groups in total. The fourth-order valence-electron chi connectivity index (χ4n) is 3.34. The minimum absolute atomic E-state index is 0.0441. The molecule has 3 heterocycles. The van der Waals surface area contributed by atoms with Crippen LogP contribution in [0.1, 0.15) is 43.0 Å². The molecule has 0 saturated heterocycles. The van der Waals surface area contributed by atoms with E-state index in [1.807, 2.05) is 0 Å². The maximum atomic E-state index is 4.54. The molecular formula is C18H23N5S. The van der Waals surface area contributed by atoms with Gasteiger partial charge < -0.3 is 4.57 Å². The highest BCUT2D eigenvalue weighted by Crippen LogP contribution is 2.26. The normalized spacial score (nSPS) is 15.8. The van der Waals surface area contributed by atoms with E-state index in [-0.39, 0.29) is 5.41 Å². The Morgan fingerprint density at radius 3 is 2.79 bits per heavy atom. The SMILES string of the molecule is Cc1nc2ccc(CN3CCn4c(nnc4C(C)(C)C)C3)cc2s1. The minimum Gasteiger partial charge on any atom is -0.312 e. The number of aromatic nitrogens is 4. The Morgan fingerprint density at radius 1 is 1.17 bits per heavy atom. The van der Waals surface area contributed by atoms with E-state index in [2.05, 4.69) is 70.5 Å². The second-order valence-corrected chi connectivity index (χ2v) is 8.82. The summed E-state index contributed by atoms with van der Waals surface area (Å²) in [6.07, 6.45) is 0. The van der Waals surface area contributed by atoms with Gasteiger partial charge in [0, 0.05) is 25.0 Å². The summed E-state index contributed by atoms with van der Waals surface area (Å²) < 4.78 is 3.58. The molecule has 0 fully saturated rings. The summed E-state index contributed by atoms with van der Waals surface area (Å²) in [4.78, 5) is 6.99. The minimum atomic E-state index is 0.0441. The van der Waals surface area contributed by atoms with Crippen LogP contribution < -0.4 is 0 Å². The quantitative estimate of drug-likeness (QED) is 0.716. The van der Waals surface area contributed by atoms with E-state index in [1.165, 1.54) is 10.3 Å². The summed E-state index contributed by atoms with van der Waals surface area (Å²) in [5.41, 5.74) is 2.49. The lowest BCUT2D eigenvalue weighted by Gasteiger charge is -2.29. The molecular weight excluding hydrogens is 318 g/mol. The zero-order chi connectivity index (χ0) is 16.9. The van der Waals surface area contributed by atoms with Crippen LogP contribution in [0.4, 0.5) is 0 Å². The average Bonchev–Trinajstić information content (AvgIpc) is 3.08. The van der Waals surface area contributed by atoms with Gasteiger partial charge >= 0.3 is 0 Å². The maximum absolute atomic E-state index is 4.54. The van der Waals surface area contributed by atoms with Gasteiger partial charge in [-0.25, -0.2) is 4.98 Å². The van der Waals surface area contributed by atoms with Crippen molar-refractivity contribution in [2.75, 3.05) is 6.54 Å². The molecule has 0 spiro atoms. The zero-order valence-electron chi connectivity index (χ0n) is 14.7. The van der Waals surface area contributed by atoms with Gasteiger partial charge in [-0.2, -0.15) is 0 Å². The first-order chi connectivity index (χ1) is 11.4. The topological polar surface area (TPSA) is 46.8 Å². The fraction of sp³-hybridized carbons (Fsp3) is 0.500. The third kappa shape index (κ3) is 2.84. The van der Waals surface area contributed by atoms with E-state index >= 15 is 0 Å². The van der Waals surface area contributed by atoms with Crippen LogP contribution in [0.5, 0.6) is 0 Å². The number of nitrogens with zero attached hydrogens (tertiary/aromatic N) is 5. The third-order valence-corrected chi connectivity index (χ3v) is 5.40. The molecule has 0 bridgehead atoms. The highest BCUT2D eigenvalue weighted by atomic mass is 32.1. The first-order valence-electron chi connectivity index (χ1n) is 8.41. The summed E-state index contributed by atoms with van der Waals surface area (Å²) in [5, 5.41) is 9.99. The number of aryl methyl sites for hydroxylation is 1. The van der Waals surface area contributed by atoms with E-state index in [9.17, 15) is 0 Å². The second-order valence-electron chi connectivity index (χ2n) is 7.59. The van der Waals surface area contributed by atoms with Gasteiger partial charge in [-0.05, 0) is 24.6 Å². The van der Waals surface area contributed by atoms with Crippen molar-refractivity contribution in [2.45, 2.75) is 52.7 Å². The van der Waals surface area contributed by atoms with Crippen molar-refractivity contribution in [3.8, 4) is 0 Å². The van der Waals surface area contributed by atoms with Crippen molar-refractivity contribution in [1.82, 2.24) is 24.6 Å². The lowest BCUT2D eigenvalue weighted by atomic mass is 9.95. The molecule has 4 rings (SSSR count). The van der Waals surface area contributed by atoms with Crippen molar-refractivity contribution < 1.29 is 0 Å². The summed E-state index contributed by atoms with van der Waals surface area (Å²) in [6, 6.07) is 6.61. The van der Waals surface area contributed by atoms with Crippen LogP contribution in [0.2, 0.25) is 0 Å². The van der Waals surface area contributed by atoms with Crippen LogP contribution in [-0.2, 0) is 25.0 Å². The number of fused-ring (bicyclic) bond motifs is 2. The Balaban J connectivity index is 1.53. The molecule has 126 valence electrons. The highest BCUT2D eigenvalue weighted by molar-refractivity contribution is 7.18. The molecule has 2 aromatic heterocycles. The molecule has 1 aromatic carbocycles. The molecule has 1 aliphatic heterocycles. The molecule has 3 aromatic rings. The van der Waals surface area contributed by atoms with Crippen molar-refractivity contribution in [3.63, 3.8) is 0 Å². The van der Waals surface area contributed by atoms with Gasteiger partial charge in [0.1, 0.15) is 11.6 Å². The molecule has 0 radical (unpaired) electrons. The standard InChI is InChI=1S/C18H23N5S/c1-12-19-14-6-5-13(9-15(14)24-12)10-22-7-8-23-16(11-22)20-21-17(23)18(2,3)4/h5-6,9H,7-8,10-11H2,1-4H3. The van der Waals surface area contributed by atoms with Crippen LogP contribution in [0, 0.1) is 6.92 Å². The van der Waals surface area contributed by atoms with Crippen LogP contribution in [-0.4, -0.2) is 31.2 Å². The van der Waals surface area contributed by atoms with Crippen molar-refractivity contribution in [2.24, 2.45) is 0 Å². The van der Waals surface area contributed by atoms with Crippen molar-refractivity contribution in [1.29, 1.82) is 0 Å². The summed E-state index contributed by atoms with van der Waals surface area (Å²) >= 11 is 1.77. The Labute approximate surface area is 146 Å². The van der Waals surface area contributed by atoms with Crippen molar-refractivity contribution in [3.05, 3.63) is 40.4 Å². The van der Waals surface area contributed by atoms with Gasteiger partial charge in [0.15, 0.2) is 0 Å². The smallest absolute Gasteiger partial charge is 0.147 e. The van der Waals surface area contributed by atoms with Gasteiger partial charge in [0.05, 0.1) is 21.8 Å². The summed E-state index contributed by atoms with van der Waals surface area (Å²) in [7, 11) is 0. The maximum Gasteiger partial charge on any atom is 0.147 e. The molecule has 0 aliphatic carbocycles. The van der Waals surface area contributed by atoms with Gasteiger partial charge in [-0.3, -0.25) is 4.90 Å². The van der Waals surface area contributed by atoms with Crippen LogP contribution >= 0.6 is 11.3 Å². The predicted octanol–water partition coefficient (Wildman–Crippen LogP) is 3.51. The predicted molar refractivity (Wildman–Crippen MR) is 97.2 cm³/mol. The summed E-state index contributed by atoms with van der Waals surface area (Å²) in [6.45, 7) is 12.5. The van der Waals surface area contributed by atoms with E-state index in [4.69, 9.17) is 0 Å². The molecule has 0 saturated carbocycles. The third-order valence-electron chi connectivity index (χ3n) is 4.47.